The van der Waals surface area contributed by atoms with E-state index < -0.39 is 115 Å². The Morgan fingerprint density at radius 3 is 1.78 bits per heavy atom. The van der Waals surface area contributed by atoms with Gasteiger partial charge in [0.05, 0.1) is 20.8 Å². The summed E-state index contributed by atoms with van der Waals surface area (Å²) in [7, 11) is 3.00. The van der Waals surface area contributed by atoms with E-state index in [0.29, 0.717) is 63.2 Å². The number of hydrogen-bond acceptors (Lipinski definition) is 20. The number of nitrogens with two attached hydrogens (primary N) is 2. The monoisotopic (exact) mass is 1470 g/mol. The molecule has 0 saturated carbocycles. The predicted molar refractivity (Wildman–Crippen MR) is 376 cm³/mol. The molecule has 5 aromatic rings. The first-order chi connectivity index (χ1) is 47.6. The Kier molecular flexibility index (Phi) is 27.1. The number of hydrogen-bond donors (Lipinski definition) is 11. The van der Waals surface area contributed by atoms with Crippen LogP contribution in [-0.4, -0.2) is 203 Å². The maximum atomic E-state index is 14.5. The van der Waals surface area contributed by atoms with Crippen molar-refractivity contribution >= 4 is 143 Å². The van der Waals surface area contributed by atoms with Crippen molar-refractivity contribution in [2.45, 2.75) is 165 Å². The van der Waals surface area contributed by atoms with Gasteiger partial charge in [0, 0.05) is 118 Å². The third kappa shape index (κ3) is 18.1. The number of amides is 10. The molecule has 8 rings (SSSR count). The lowest BCUT2D eigenvalue weighted by atomic mass is 9.95. The first kappa shape index (κ1) is 77.6. The van der Waals surface area contributed by atoms with Crippen molar-refractivity contribution in [1.29, 1.82) is 0 Å². The lowest BCUT2D eigenvalue weighted by Gasteiger charge is -2.38. The molecule has 5 heterocycles. The molecule has 3 aliphatic heterocycles. The van der Waals surface area contributed by atoms with Crippen LogP contribution in [0.3, 0.4) is 0 Å². The summed E-state index contributed by atoms with van der Waals surface area (Å²) in [4.78, 5) is 138. The van der Waals surface area contributed by atoms with Gasteiger partial charge in [-0.1, -0.05) is 26.0 Å². The Hall–Kier alpha value is -8.14. The summed E-state index contributed by atoms with van der Waals surface area (Å²) in [5.41, 5.74) is 14.3. The number of aliphatic carboxylic acids is 1. The van der Waals surface area contributed by atoms with Crippen molar-refractivity contribution in [3.8, 4) is 11.5 Å². The highest BCUT2D eigenvalue weighted by Crippen LogP contribution is 2.52. The summed E-state index contributed by atoms with van der Waals surface area (Å²) in [5.74, 6) is -4.90. The number of fused-ring (bicyclic) bond motifs is 6. The largest absolute Gasteiger partial charge is 0.479 e. The average Bonchev–Trinajstić information content (AvgIpc) is 1.58. The Balaban J connectivity index is 0.852. The normalized spacial score (nSPS) is 20.9. The van der Waals surface area contributed by atoms with Crippen LogP contribution in [0.2, 0.25) is 0 Å². The smallest absolute Gasteiger partial charge is 0.415 e. The van der Waals surface area contributed by atoms with E-state index in [0.717, 1.165) is 16.5 Å². The minimum Gasteiger partial charge on any atom is -0.479 e. The molecule has 29 nitrogen and oxygen atoms in total. The third-order valence-electron chi connectivity index (χ3n) is 18.1. The number of thiophene rings is 2. The van der Waals surface area contributed by atoms with Gasteiger partial charge in [0.15, 0.2) is 11.9 Å². The number of alkyl halides is 2. The summed E-state index contributed by atoms with van der Waals surface area (Å²) in [5, 5.41) is 59.7. The van der Waals surface area contributed by atoms with Gasteiger partial charge in [-0.25, -0.2) is 19.2 Å². The van der Waals surface area contributed by atoms with Crippen molar-refractivity contribution in [2.24, 2.45) is 17.4 Å². The number of nitrogens with one attached hydrogen (secondary N) is 5. The highest BCUT2D eigenvalue weighted by Gasteiger charge is 2.49. The van der Waals surface area contributed by atoms with E-state index in [1.807, 2.05) is 31.4 Å². The number of unbranched alkanes of at least 4 members (excludes halogenated alkanes) is 1. The average molecular weight is 1470 g/mol. The van der Waals surface area contributed by atoms with E-state index in [2.05, 4.69) is 26.6 Å². The van der Waals surface area contributed by atoms with Gasteiger partial charge in [-0.3, -0.25) is 28.8 Å². The first-order valence-corrected chi connectivity index (χ1v) is 35.7. The van der Waals surface area contributed by atoms with Crippen LogP contribution in [0.5, 0.6) is 11.5 Å². The Labute approximate surface area is 595 Å². The number of aliphatic hydroxyl groups excluding tert-OH is 3. The van der Waals surface area contributed by atoms with Crippen LogP contribution in [0.1, 0.15) is 115 Å². The second kappa shape index (κ2) is 35.0. The third-order valence-corrected chi connectivity index (χ3v) is 20.6. The fourth-order valence-electron chi connectivity index (χ4n) is 12.6. The van der Waals surface area contributed by atoms with E-state index in [1.165, 1.54) is 53.5 Å². The zero-order valence-corrected chi connectivity index (χ0v) is 59.6. The van der Waals surface area contributed by atoms with Crippen LogP contribution < -0.4 is 57.3 Å². The summed E-state index contributed by atoms with van der Waals surface area (Å²) in [6.45, 7) is 8.84. The lowest BCUT2D eigenvalue weighted by Crippen LogP contribution is -2.61. The number of primary amides is 1. The molecule has 13 N–H and O–H groups in total. The minimum atomic E-state index is -1.93. The molecule has 0 aliphatic carbocycles. The highest BCUT2D eigenvalue weighted by molar-refractivity contribution is 7.18. The Morgan fingerprint density at radius 1 is 0.690 bits per heavy atom. The number of anilines is 3. The molecule has 0 spiro atoms. The van der Waals surface area contributed by atoms with E-state index >= 15 is 0 Å². The fourth-order valence-corrected chi connectivity index (χ4v) is 15.1. The number of benzene rings is 3. The number of ether oxygens (including phenoxy) is 4. The van der Waals surface area contributed by atoms with Crippen LogP contribution in [0.25, 0.3) is 20.2 Å². The van der Waals surface area contributed by atoms with Gasteiger partial charge in [-0.05, 0) is 117 Å². The number of aliphatic hydroxyl groups is 3. The van der Waals surface area contributed by atoms with Crippen LogP contribution in [0.15, 0.2) is 59.3 Å². The van der Waals surface area contributed by atoms with Gasteiger partial charge < -0.3 is 97.0 Å². The van der Waals surface area contributed by atoms with Gasteiger partial charge in [-0.2, -0.15) is 0 Å². The van der Waals surface area contributed by atoms with Gasteiger partial charge in [0.25, 0.3) is 0 Å². The number of nitrogens with zero attached hydrogens (tertiary/aromatic N) is 4. The molecular weight excluding hydrogens is 1380 g/mol. The minimum absolute atomic E-state index is 0.0174. The Morgan fingerprint density at radius 2 is 1.24 bits per heavy atom. The van der Waals surface area contributed by atoms with Crippen molar-refractivity contribution in [3.05, 3.63) is 76.0 Å². The van der Waals surface area contributed by atoms with Crippen LogP contribution >= 0.6 is 45.9 Å². The maximum absolute atomic E-state index is 14.5. The molecule has 100 heavy (non-hydrogen) atoms. The molecule has 33 heteroatoms. The van der Waals surface area contributed by atoms with Crippen molar-refractivity contribution in [2.75, 3.05) is 67.2 Å². The second-order valence-corrected chi connectivity index (χ2v) is 27.8. The maximum Gasteiger partial charge on any atom is 0.415 e. The number of carboxylic acid groups (broad SMARTS) is 1. The number of carboxylic acids is 1. The molecule has 3 aromatic carbocycles. The number of urea groups is 1. The van der Waals surface area contributed by atoms with Crippen molar-refractivity contribution < 1.29 is 87.3 Å². The Bertz CT molecular complexity index is 3810. The molecule has 2 unspecified atom stereocenters. The molecule has 10 amide bonds. The zero-order chi connectivity index (χ0) is 73.0. The summed E-state index contributed by atoms with van der Waals surface area (Å²) < 4.78 is 24.4. The molecule has 1 saturated heterocycles. The van der Waals surface area contributed by atoms with Gasteiger partial charge in [0.1, 0.15) is 48.8 Å². The van der Waals surface area contributed by atoms with E-state index in [4.69, 9.17) is 53.6 Å². The fraction of sp³-hybridized carbons (Fsp3) is 0.522. The number of carbonyl (C=O) groups is 10. The number of carbonyl (C=O) groups excluding carboxylic acids is 9. The highest BCUT2D eigenvalue weighted by atomic mass is 35.5. The summed E-state index contributed by atoms with van der Waals surface area (Å²) >= 11 is 15.9. The molecule has 0 radical (unpaired) electrons. The van der Waals surface area contributed by atoms with Gasteiger partial charge in [-0.15, -0.1) is 45.9 Å². The molecule has 3 aliphatic rings. The zero-order valence-electron chi connectivity index (χ0n) is 56.4. The van der Waals surface area contributed by atoms with Crippen LogP contribution in [0, 0.1) is 5.92 Å². The molecule has 544 valence electrons. The van der Waals surface area contributed by atoms with E-state index in [9.17, 15) is 68.4 Å². The van der Waals surface area contributed by atoms with Crippen molar-refractivity contribution in [1.82, 2.24) is 31.1 Å². The summed E-state index contributed by atoms with van der Waals surface area (Å²) in [6.07, 6.45) is -8.98. The topological polar surface area (TPSA) is 414 Å². The molecule has 0 bridgehead atoms. The van der Waals surface area contributed by atoms with Crippen LogP contribution in [-0.2, 0) is 49.6 Å². The predicted octanol–water partition coefficient (Wildman–Crippen LogP) is 5.72. The number of likely N-dealkylation sites (N-methyl/N-ethyl adjacent to an activating group) is 2. The standard InChI is InChI=1S/C67H87Cl2N11O18S2/c1-33(2)53(76-61(88)43(73-36(5)81)12-8-9-22-70)62(89)75-44(13-11-23-72-65(71)92)60(87)74-38-18-16-37(17-19-38)32-95-66(93)77(6)24-25-78(7)67(94)97-48-29-46-52(40-21-27-100-59(40)48)42(31-69)35(4)80(46)50(83)15-10-14-49(82)79-34(3)41(30-68)51-39-20-26-99-58(39)47(28-45(51)79)96-64-56(86)54(84)55(85)57(98-64)63(90)91/h16-21,26-29,33-35,41-44,53-57,64,84-86H,8-15,22-25,30-32,70H2,1-7H3,(H,73,81)(H,74,87)(H,75,89)(H,76,88)(H,90,91)(H3,71,72,92)/t34-,35-,41?,42?,43-,44-,53-,54-,55-,56+,57-,64+/m0/s1. The van der Waals surface area contributed by atoms with E-state index in [1.54, 1.807) is 65.4 Å². The lowest BCUT2D eigenvalue weighted by molar-refractivity contribution is -0.270. The summed E-state index contributed by atoms with van der Waals surface area (Å²) in [6, 6.07) is 8.55. The number of rotatable bonds is 31. The second-order valence-electron chi connectivity index (χ2n) is 25.4. The molecule has 12 atom stereocenters. The number of halogens is 2. The van der Waals surface area contributed by atoms with Gasteiger partial charge >= 0.3 is 24.2 Å². The van der Waals surface area contributed by atoms with Crippen molar-refractivity contribution in [3.63, 3.8) is 0 Å². The SMILES string of the molecule is CC(=O)N[C@@H](CCCCN)C(=O)N[C@H](C(=O)N[C@@H](CCCNC(N)=O)C(=O)Nc1ccc(COC(=O)N(C)CCN(C)C(=O)Oc2cc3c(c4ccsc24)C(CCl)[C@H](C)N3C(=O)CCCC(=O)N2c3cc(O[C@@H]4O[C@H](C(=O)O)[C@@H](O)[C@H](O)[C@H]4O)c4sccc4c3C(CCl)[C@@H]2C)cc1)C(C)C. The van der Waals surface area contributed by atoms with Crippen LogP contribution in [0.4, 0.5) is 31.4 Å². The van der Waals surface area contributed by atoms with Gasteiger partial charge in [0.2, 0.25) is 41.7 Å². The van der Waals surface area contributed by atoms with E-state index in [-0.39, 0.29) is 105 Å². The molecule has 2 aromatic heterocycles. The first-order valence-electron chi connectivity index (χ1n) is 32.9. The molecular formula is C67H87Cl2N11O18S2. The quantitative estimate of drug-likeness (QED) is 0.0187. The molecule has 1 fully saturated rings.